The van der Waals surface area contributed by atoms with Crippen LogP contribution in [-0.2, 0) is 11.3 Å². The van der Waals surface area contributed by atoms with E-state index in [4.69, 9.17) is 4.74 Å². The van der Waals surface area contributed by atoms with Crippen molar-refractivity contribution in [3.8, 4) is 0 Å². The molecule has 5 heteroatoms. The number of piperidine rings is 1. The molecule has 1 N–H and O–H groups in total. The second-order valence-corrected chi connectivity index (χ2v) is 6.39. The van der Waals surface area contributed by atoms with E-state index in [0.29, 0.717) is 6.61 Å². The zero-order chi connectivity index (χ0) is 16.3. The van der Waals surface area contributed by atoms with Crippen molar-refractivity contribution >= 4 is 29.9 Å². The predicted molar refractivity (Wildman–Crippen MR) is 112 cm³/mol. The van der Waals surface area contributed by atoms with E-state index >= 15 is 0 Å². The maximum absolute atomic E-state index is 5.71. The van der Waals surface area contributed by atoms with Crippen LogP contribution in [0.3, 0.4) is 0 Å². The van der Waals surface area contributed by atoms with Crippen molar-refractivity contribution < 1.29 is 4.74 Å². The second kappa shape index (κ2) is 12.5. The van der Waals surface area contributed by atoms with Crippen molar-refractivity contribution in [2.24, 2.45) is 10.9 Å². The Morgan fingerprint density at radius 3 is 2.58 bits per heavy atom. The quantitative estimate of drug-likeness (QED) is 0.299. The van der Waals surface area contributed by atoms with Crippen LogP contribution in [0.2, 0.25) is 0 Å². The molecule has 1 fully saturated rings. The molecule has 0 unspecified atom stereocenters. The van der Waals surface area contributed by atoms with Gasteiger partial charge in [0.15, 0.2) is 5.96 Å². The van der Waals surface area contributed by atoms with Gasteiger partial charge in [-0.3, -0.25) is 4.99 Å². The highest BCUT2D eigenvalue weighted by Crippen LogP contribution is 2.15. The van der Waals surface area contributed by atoms with E-state index in [9.17, 15) is 0 Å². The number of hydrogen-bond donors (Lipinski definition) is 1. The van der Waals surface area contributed by atoms with Gasteiger partial charge in [-0.15, -0.1) is 24.0 Å². The molecule has 1 aliphatic rings. The molecule has 0 aliphatic carbocycles. The Balaban J connectivity index is 0.00000288. The van der Waals surface area contributed by atoms with Crippen LogP contribution in [0.15, 0.2) is 35.3 Å². The Kier molecular flexibility index (Phi) is 11.1. The van der Waals surface area contributed by atoms with Gasteiger partial charge in [0.05, 0.1) is 6.61 Å². The molecular formula is C19H32IN3O. The molecule has 0 amide bonds. The average molecular weight is 445 g/mol. The first-order valence-electron chi connectivity index (χ1n) is 8.87. The van der Waals surface area contributed by atoms with Crippen molar-refractivity contribution in [1.29, 1.82) is 0 Å². The molecule has 1 heterocycles. The normalized spacial score (nSPS) is 15.9. The number of nitrogens with zero attached hydrogens (tertiary/aromatic N) is 2. The zero-order valence-electron chi connectivity index (χ0n) is 15.0. The molecule has 136 valence electrons. The van der Waals surface area contributed by atoms with Gasteiger partial charge in [-0.05, 0) is 37.2 Å². The van der Waals surface area contributed by atoms with E-state index in [-0.39, 0.29) is 24.0 Å². The minimum atomic E-state index is 0. The highest BCUT2D eigenvalue weighted by Gasteiger charge is 2.17. The summed E-state index contributed by atoms with van der Waals surface area (Å²) in [5.74, 6) is 1.91. The maximum atomic E-state index is 5.71. The molecule has 24 heavy (non-hydrogen) atoms. The molecule has 1 aromatic rings. The number of rotatable bonds is 7. The first-order chi connectivity index (χ1) is 11.3. The van der Waals surface area contributed by atoms with Crippen LogP contribution in [0.5, 0.6) is 0 Å². The van der Waals surface area contributed by atoms with E-state index < -0.39 is 0 Å². The molecule has 0 atom stereocenters. The lowest BCUT2D eigenvalue weighted by Crippen LogP contribution is -2.45. The van der Waals surface area contributed by atoms with E-state index in [0.717, 1.165) is 51.0 Å². The van der Waals surface area contributed by atoms with Crippen LogP contribution in [0.4, 0.5) is 0 Å². The molecule has 1 saturated heterocycles. The third kappa shape index (κ3) is 7.83. The summed E-state index contributed by atoms with van der Waals surface area (Å²) in [6, 6.07) is 10.3. The molecular weight excluding hydrogens is 413 g/mol. The number of halogens is 1. The summed E-state index contributed by atoms with van der Waals surface area (Å²) in [5.41, 5.74) is 1.24. The average Bonchev–Trinajstić information content (AvgIpc) is 2.59. The SMILES string of the molecule is CN=C(NCCCCOCc1ccccc1)N1CCC(C)CC1.I. The van der Waals surface area contributed by atoms with Gasteiger partial charge in [-0.25, -0.2) is 0 Å². The fourth-order valence-corrected chi connectivity index (χ4v) is 2.85. The van der Waals surface area contributed by atoms with Crippen molar-refractivity contribution in [2.45, 2.75) is 39.2 Å². The van der Waals surface area contributed by atoms with Gasteiger partial charge in [0.25, 0.3) is 0 Å². The summed E-state index contributed by atoms with van der Waals surface area (Å²) in [6.07, 6.45) is 4.73. The summed E-state index contributed by atoms with van der Waals surface area (Å²) >= 11 is 0. The number of likely N-dealkylation sites (tertiary alicyclic amines) is 1. The lowest BCUT2D eigenvalue weighted by Gasteiger charge is -2.32. The molecule has 0 saturated carbocycles. The van der Waals surface area contributed by atoms with Crippen molar-refractivity contribution in [1.82, 2.24) is 10.2 Å². The highest BCUT2D eigenvalue weighted by molar-refractivity contribution is 14.0. The third-order valence-electron chi connectivity index (χ3n) is 4.41. The van der Waals surface area contributed by atoms with Crippen molar-refractivity contribution in [2.75, 3.05) is 33.3 Å². The van der Waals surface area contributed by atoms with Crippen LogP contribution in [0.25, 0.3) is 0 Å². The monoisotopic (exact) mass is 445 g/mol. The number of nitrogens with one attached hydrogen (secondary N) is 1. The standard InChI is InChI=1S/C19H31N3O.HI/c1-17-10-13-22(14-11-17)19(20-2)21-12-6-7-15-23-16-18-8-4-3-5-9-18;/h3-5,8-9,17H,6-7,10-16H2,1-2H3,(H,20,21);1H. The lowest BCUT2D eigenvalue weighted by molar-refractivity contribution is 0.117. The Morgan fingerprint density at radius 2 is 1.92 bits per heavy atom. The summed E-state index contributed by atoms with van der Waals surface area (Å²) < 4.78 is 5.71. The summed E-state index contributed by atoms with van der Waals surface area (Å²) in [7, 11) is 1.88. The van der Waals surface area contributed by atoms with Gasteiger partial charge in [-0.2, -0.15) is 0 Å². The van der Waals surface area contributed by atoms with E-state index in [1.54, 1.807) is 0 Å². The molecule has 2 rings (SSSR count). The number of hydrogen-bond acceptors (Lipinski definition) is 2. The molecule has 0 aromatic heterocycles. The van der Waals surface area contributed by atoms with Crippen LogP contribution in [0.1, 0.15) is 38.2 Å². The summed E-state index contributed by atoms with van der Waals surface area (Å²) in [6.45, 7) is 7.08. The van der Waals surface area contributed by atoms with E-state index in [1.807, 2.05) is 13.1 Å². The van der Waals surface area contributed by atoms with Gasteiger partial charge in [0.1, 0.15) is 0 Å². The van der Waals surface area contributed by atoms with Crippen molar-refractivity contribution in [3.05, 3.63) is 35.9 Å². The van der Waals surface area contributed by atoms with Crippen molar-refractivity contribution in [3.63, 3.8) is 0 Å². The first kappa shape index (κ1) is 21.2. The Bertz CT molecular complexity index is 459. The second-order valence-electron chi connectivity index (χ2n) is 6.39. The Morgan fingerprint density at radius 1 is 1.21 bits per heavy atom. The number of unbranched alkanes of at least 4 members (excludes halogenated alkanes) is 1. The predicted octanol–water partition coefficient (Wildman–Crippen LogP) is 3.91. The number of benzene rings is 1. The van der Waals surface area contributed by atoms with Crippen LogP contribution >= 0.6 is 24.0 Å². The Hall–Kier alpha value is -0.820. The van der Waals surface area contributed by atoms with Gasteiger partial charge in [0, 0.05) is 33.3 Å². The summed E-state index contributed by atoms with van der Waals surface area (Å²) in [4.78, 5) is 6.79. The maximum Gasteiger partial charge on any atom is 0.193 e. The van der Waals surface area contributed by atoms with Gasteiger partial charge in [-0.1, -0.05) is 37.3 Å². The Labute approximate surface area is 164 Å². The molecule has 0 bridgehead atoms. The number of guanidine groups is 1. The van der Waals surface area contributed by atoms with E-state index in [1.165, 1.54) is 18.4 Å². The lowest BCUT2D eigenvalue weighted by atomic mass is 10.00. The smallest absolute Gasteiger partial charge is 0.193 e. The molecule has 0 spiro atoms. The van der Waals surface area contributed by atoms with Gasteiger partial charge < -0.3 is 15.0 Å². The minimum absolute atomic E-state index is 0. The molecule has 1 aromatic carbocycles. The van der Waals surface area contributed by atoms with Crippen LogP contribution < -0.4 is 5.32 Å². The largest absolute Gasteiger partial charge is 0.377 e. The molecule has 4 nitrogen and oxygen atoms in total. The first-order valence-corrected chi connectivity index (χ1v) is 8.87. The van der Waals surface area contributed by atoms with E-state index in [2.05, 4.69) is 46.4 Å². The third-order valence-corrected chi connectivity index (χ3v) is 4.41. The topological polar surface area (TPSA) is 36.9 Å². The molecule has 1 aliphatic heterocycles. The minimum Gasteiger partial charge on any atom is -0.377 e. The number of ether oxygens (including phenoxy) is 1. The van der Waals surface area contributed by atoms with Crippen LogP contribution in [0, 0.1) is 5.92 Å². The fourth-order valence-electron chi connectivity index (χ4n) is 2.85. The number of aliphatic imine (C=N–C) groups is 1. The van der Waals surface area contributed by atoms with Gasteiger partial charge >= 0.3 is 0 Å². The summed E-state index contributed by atoms with van der Waals surface area (Å²) in [5, 5.41) is 3.48. The zero-order valence-corrected chi connectivity index (χ0v) is 17.4. The van der Waals surface area contributed by atoms with Crippen LogP contribution in [-0.4, -0.2) is 44.1 Å². The fraction of sp³-hybridized carbons (Fsp3) is 0.632. The highest BCUT2D eigenvalue weighted by atomic mass is 127. The van der Waals surface area contributed by atoms with Gasteiger partial charge in [0.2, 0.25) is 0 Å². The molecule has 0 radical (unpaired) electrons.